The molecule has 0 fully saturated rings. The third-order valence-electron chi connectivity index (χ3n) is 3.71. The monoisotopic (exact) mass is 326 g/mol. The highest BCUT2D eigenvalue weighted by molar-refractivity contribution is 7.80. The number of rotatable bonds is 4. The molecule has 23 heavy (non-hydrogen) atoms. The Balaban J connectivity index is 1.93. The van der Waals surface area contributed by atoms with E-state index in [1.165, 1.54) is 5.56 Å². The SMILES string of the molecule is CC(C)c1ccc(C(=O)NC(=S)NC(C)c2ccccc2)cc1. The molecule has 1 amide bonds. The fourth-order valence-electron chi connectivity index (χ4n) is 2.25. The van der Waals surface area contributed by atoms with Crippen molar-refractivity contribution in [1.29, 1.82) is 0 Å². The van der Waals surface area contributed by atoms with Gasteiger partial charge in [0.1, 0.15) is 0 Å². The highest BCUT2D eigenvalue weighted by Crippen LogP contribution is 2.15. The largest absolute Gasteiger partial charge is 0.356 e. The molecule has 0 heterocycles. The van der Waals surface area contributed by atoms with Crippen molar-refractivity contribution in [3.05, 3.63) is 71.3 Å². The van der Waals surface area contributed by atoms with Crippen LogP contribution in [0.25, 0.3) is 0 Å². The van der Waals surface area contributed by atoms with Crippen LogP contribution in [-0.2, 0) is 0 Å². The summed E-state index contributed by atoms with van der Waals surface area (Å²) in [5.74, 6) is 0.250. The van der Waals surface area contributed by atoms with Crippen molar-refractivity contribution in [2.75, 3.05) is 0 Å². The summed E-state index contributed by atoms with van der Waals surface area (Å²) in [4.78, 5) is 12.2. The van der Waals surface area contributed by atoms with Crippen molar-refractivity contribution >= 4 is 23.2 Å². The van der Waals surface area contributed by atoms with Crippen LogP contribution in [0.15, 0.2) is 54.6 Å². The van der Waals surface area contributed by atoms with E-state index in [4.69, 9.17) is 12.2 Å². The summed E-state index contributed by atoms with van der Waals surface area (Å²) in [5, 5.41) is 6.19. The number of benzene rings is 2. The predicted octanol–water partition coefficient (Wildman–Crippen LogP) is 4.18. The Kier molecular flexibility index (Phi) is 5.88. The highest BCUT2D eigenvalue weighted by Gasteiger charge is 2.11. The highest BCUT2D eigenvalue weighted by atomic mass is 32.1. The molecule has 0 aliphatic carbocycles. The van der Waals surface area contributed by atoms with Crippen molar-refractivity contribution in [2.24, 2.45) is 0 Å². The van der Waals surface area contributed by atoms with Crippen LogP contribution in [0.2, 0.25) is 0 Å². The maximum absolute atomic E-state index is 12.2. The number of nitrogens with one attached hydrogen (secondary N) is 2. The van der Waals surface area contributed by atoms with Gasteiger partial charge in [-0.1, -0.05) is 56.3 Å². The van der Waals surface area contributed by atoms with E-state index in [-0.39, 0.29) is 11.9 Å². The molecule has 1 unspecified atom stereocenters. The van der Waals surface area contributed by atoms with E-state index in [0.29, 0.717) is 16.6 Å². The molecular formula is C19H22N2OS. The van der Waals surface area contributed by atoms with Crippen molar-refractivity contribution < 1.29 is 4.79 Å². The molecule has 3 nitrogen and oxygen atoms in total. The summed E-state index contributed by atoms with van der Waals surface area (Å²) < 4.78 is 0. The number of carbonyl (C=O) groups excluding carboxylic acids is 1. The number of thiocarbonyl (C=S) groups is 1. The molecule has 1 atom stereocenters. The Morgan fingerprint density at radius 3 is 2.09 bits per heavy atom. The maximum atomic E-state index is 12.2. The predicted molar refractivity (Wildman–Crippen MR) is 98.6 cm³/mol. The number of carbonyl (C=O) groups is 1. The van der Waals surface area contributed by atoms with Gasteiger partial charge in [-0.3, -0.25) is 10.1 Å². The van der Waals surface area contributed by atoms with E-state index in [1.54, 1.807) is 0 Å². The molecule has 2 N–H and O–H groups in total. The summed E-state index contributed by atoms with van der Waals surface area (Å²) in [7, 11) is 0. The first kappa shape index (κ1) is 17.2. The third-order valence-corrected chi connectivity index (χ3v) is 3.93. The third kappa shape index (κ3) is 4.89. The molecule has 4 heteroatoms. The van der Waals surface area contributed by atoms with Crippen LogP contribution < -0.4 is 10.6 Å². The van der Waals surface area contributed by atoms with Gasteiger partial charge in [0.05, 0.1) is 6.04 Å². The molecule has 0 bridgehead atoms. The second kappa shape index (κ2) is 7.88. The first-order chi connectivity index (χ1) is 11.0. The van der Waals surface area contributed by atoms with Crippen molar-refractivity contribution in [3.8, 4) is 0 Å². The van der Waals surface area contributed by atoms with E-state index in [1.807, 2.05) is 61.5 Å². The fourth-order valence-corrected chi connectivity index (χ4v) is 2.52. The summed E-state index contributed by atoms with van der Waals surface area (Å²) in [5.41, 5.74) is 2.93. The van der Waals surface area contributed by atoms with E-state index in [0.717, 1.165) is 5.56 Å². The lowest BCUT2D eigenvalue weighted by Crippen LogP contribution is -2.40. The zero-order valence-corrected chi connectivity index (χ0v) is 14.5. The Hall–Kier alpha value is -2.20. The van der Waals surface area contributed by atoms with Crippen LogP contribution in [-0.4, -0.2) is 11.0 Å². The van der Waals surface area contributed by atoms with Gasteiger partial charge in [-0.2, -0.15) is 0 Å². The average molecular weight is 326 g/mol. The summed E-state index contributed by atoms with van der Waals surface area (Å²) >= 11 is 5.23. The van der Waals surface area contributed by atoms with Crippen molar-refractivity contribution in [1.82, 2.24) is 10.6 Å². The Morgan fingerprint density at radius 1 is 0.913 bits per heavy atom. The van der Waals surface area contributed by atoms with Gasteiger partial charge < -0.3 is 5.32 Å². The molecule has 0 saturated heterocycles. The molecule has 2 rings (SSSR count). The lowest BCUT2D eigenvalue weighted by Gasteiger charge is -2.17. The molecular weight excluding hydrogens is 304 g/mol. The number of amides is 1. The molecule has 0 spiro atoms. The molecule has 0 radical (unpaired) electrons. The standard InChI is InChI=1S/C19H22N2OS/c1-13(2)15-9-11-17(12-10-15)18(22)21-19(23)20-14(3)16-7-5-4-6-8-16/h4-14H,1-3H3,(H2,20,21,22,23). The van der Waals surface area contributed by atoms with Crippen LogP contribution in [0, 0.1) is 0 Å². The first-order valence-corrected chi connectivity index (χ1v) is 8.15. The maximum Gasteiger partial charge on any atom is 0.257 e. The van der Waals surface area contributed by atoms with E-state index >= 15 is 0 Å². The van der Waals surface area contributed by atoms with E-state index in [9.17, 15) is 4.79 Å². The summed E-state index contributed by atoms with van der Waals surface area (Å²) in [6.45, 7) is 6.25. The molecule has 120 valence electrons. The zero-order chi connectivity index (χ0) is 16.8. The van der Waals surface area contributed by atoms with Gasteiger partial charge in [0.15, 0.2) is 5.11 Å². The van der Waals surface area contributed by atoms with Gasteiger partial charge in [-0.05, 0) is 48.3 Å². The Morgan fingerprint density at radius 2 is 1.52 bits per heavy atom. The van der Waals surface area contributed by atoms with Gasteiger partial charge in [0, 0.05) is 5.56 Å². The van der Waals surface area contributed by atoms with Gasteiger partial charge in [-0.15, -0.1) is 0 Å². The molecule has 0 saturated carbocycles. The zero-order valence-electron chi connectivity index (χ0n) is 13.7. The minimum absolute atomic E-state index is 0.0346. The summed E-state index contributed by atoms with van der Waals surface area (Å²) in [6, 6.07) is 17.6. The topological polar surface area (TPSA) is 41.1 Å². The second-order valence-corrected chi connectivity index (χ2v) is 6.24. The average Bonchev–Trinajstić information content (AvgIpc) is 2.55. The molecule has 2 aromatic rings. The van der Waals surface area contributed by atoms with E-state index < -0.39 is 0 Å². The fraction of sp³-hybridized carbons (Fsp3) is 0.263. The Labute approximate surface area is 143 Å². The lowest BCUT2D eigenvalue weighted by atomic mass is 10.0. The molecule has 0 aliphatic rings. The number of hydrogen-bond acceptors (Lipinski definition) is 2. The molecule has 0 aliphatic heterocycles. The molecule has 0 aromatic heterocycles. The summed E-state index contributed by atoms with van der Waals surface area (Å²) in [6.07, 6.45) is 0. The minimum atomic E-state index is -0.196. The lowest BCUT2D eigenvalue weighted by molar-refractivity contribution is 0.0976. The van der Waals surface area contributed by atoms with Gasteiger partial charge >= 0.3 is 0 Å². The van der Waals surface area contributed by atoms with Crippen LogP contribution >= 0.6 is 12.2 Å². The second-order valence-electron chi connectivity index (χ2n) is 5.84. The minimum Gasteiger partial charge on any atom is -0.356 e. The number of hydrogen-bond donors (Lipinski definition) is 2. The quantitative estimate of drug-likeness (QED) is 0.828. The van der Waals surface area contributed by atoms with Crippen LogP contribution in [0.5, 0.6) is 0 Å². The van der Waals surface area contributed by atoms with Crippen molar-refractivity contribution in [3.63, 3.8) is 0 Å². The normalized spacial score (nSPS) is 11.8. The van der Waals surface area contributed by atoms with Crippen molar-refractivity contribution in [2.45, 2.75) is 32.7 Å². The first-order valence-electron chi connectivity index (χ1n) is 7.74. The van der Waals surface area contributed by atoms with Gasteiger partial charge in [-0.25, -0.2) is 0 Å². The smallest absolute Gasteiger partial charge is 0.257 e. The van der Waals surface area contributed by atoms with Crippen LogP contribution in [0.4, 0.5) is 0 Å². The molecule has 2 aromatic carbocycles. The van der Waals surface area contributed by atoms with E-state index in [2.05, 4.69) is 24.5 Å². The van der Waals surface area contributed by atoms with Gasteiger partial charge in [0.2, 0.25) is 0 Å². The Bertz CT molecular complexity index is 666. The van der Waals surface area contributed by atoms with Crippen LogP contribution in [0.3, 0.4) is 0 Å². The van der Waals surface area contributed by atoms with Crippen LogP contribution in [0.1, 0.15) is 54.2 Å². The van der Waals surface area contributed by atoms with Gasteiger partial charge in [0.25, 0.3) is 5.91 Å².